The Morgan fingerprint density at radius 2 is 2.08 bits per heavy atom. The van der Waals surface area contributed by atoms with E-state index in [0.717, 1.165) is 12.8 Å². The minimum atomic E-state index is -0.260. The molecule has 132 valence electrons. The summed E-state index contributed by atoms with van der Waals surface area (Å²) in [6.07, 6.45) is 3.43. The van der Waals surface area contributed by atoms with Crippen molar-refractivity contribution in [1.82, 2.24) is 10.2 Å². The summed E-state index contributed by atoms with van der Waals surface area (Å²) in [7, 11) is 0. The molecule has 5 nitrogen and oxygen atoms in total. The molecule has 1 N–H and O–H groups in total. The highest BCUT2D eigenvalue weighted by Crippen LogP contribution is 2.19. The molecule has 25 heavy (non-hydrogen) atoms. The Hall–Kier alpha value is -2.63. The number of furan rings is 1. The summed E-state index contributed by atoms with van der Waals surface area (Å²) >= 11 is 0. The van der Waals surface area contributed by atoms with E-state index in [0.29, 0.717) is 37.4 Å². The molecule has 1 fully saturated rings. The molecule has 0 aliphatic carbocycles. The van der Waals surface area contributed by atoms with Gasteiger partial charge >= 0.3 is 0 Å². The van der Waals surface area contributed by atoms with Crippen molar-refractivity contribution in [2.45, 2.75) is 19.3 Å². The molecule has 2 heterocycles. The maximum Gasteiger partial charge on any atom is 0.289 e. The van der Waals surface area contributed by atoms with E-state index in [-0.39, 0.29) is 23.5 Å². The molecule has 1 saturated heterocycles. The van der Waals surface area contributed by atoms with Crippen molar-refractivity contribution in [3.63, 3.8) is 0 Å². The van der Waals surface area contributed by atoms with Gasteiger partial charge in [-0.05, 0) is 43.0 Å². The number of rotatable bonds is 5. The summed E-state index contributed by atoms with van der Waals surface area (Å²) in [5.41, 5.74) is 0.584. The standard InChI is InChI=1S/C19H21FN2O3/c20-16-7-2-1-5-14(16)9-10-21-18(23)15-6-3-11-22(13-15)19(24)17-8-4-12-25-17/h1-2,4-5,7-8,12,15H,3,6,9-11,13H2,(H,21,23). The quantitative estimate of drug-likeness (QED) is 0.907. The second-order valence-electron chi connectivity index (χ2n) is 6.20. The summed E-state index contributed by atoms with van der Waals surface area (Å²) in [5, 5.41) is 2.86. The maximum absolute atomic E-state index is 13.6. The molecule has 1 aliphatic rings. The van der Waals surface area contributed by atoms with Crippen LogP contribution < -0.4 is 5.32 Å². The van der Waals surface area contributed by atoms with Crippen LogP contribution in [0.2, 0.25) is 0 Å². The van der Waals surface area contributed by atoms with Crippen molar-refractivity contribution in [2.24, 2.45) is 5.92 Å². The molecule has 1 aromatic heterocycles. The van der Waals surface area contributed by atoms with E-state index in [1.54, 1.807) is 35.2 Å². The zero-order valence-corrected chi connectivity index (χ0v) is 13.9. The van der Waals surface area contributed by atoms with E-state index in [9.17, 15) is 14.0 Å². The van der Waals surface area contributed by atoms with E-state index in [2.05, 4.69) is 5.32 Å². The average molecular weight is 344 g/mol. The number of carbonyl (C=O) groups excluding carboxylic acids is 2. The predicted molar refractivity (Wildman–Crippen MR) is 90.4 cm³/mol. The molecule has 0 radical (unpaired) electrons. The van der Waals surface area contributed by atoms with Crippen molar-refractivity contribution in [1.29, 1.82) is 0 Å². The predicted octanol–water partition coefficient (Wildman–Crippen LogP) is 2.63. The van der Waals surface area contributed by atoms with Crippen molar-refractivity contribution in [2.75, 3.05) is 19.6 Å². The fourth-order valence-corrected chi connectivity index (χ4v) is 3.10. The number of benzene rings is 1. The van der Waals surface area contributed by atoms with Crippen LogP contribution in [0.5, 0.6) is 0 Å². The summed E-state index contributed by atoms with van der Waals surface area (Å²) in [4.78, 5) is 26.3. The first-order valence-corrected chi connectivity index (χ1v) is 8.49. The molecule has 2 amide bonds. The number of hydrogen-bond acceptors (Lipinski definition) is 3. The molecule has 1 unspecified atom stereocenters. The van der Waals surface area contributed by atoms with E-state index >= 15 is 0 Å². The van der Waals surface area contributed by atoms with Crippen molar-refractivity contribution < 1.29 is 18.4 Å². The molecule has 0 saturated carbocycles. The monoisotopic (exact) mass is 344 g/mol. The van der Waals surface area contributed by atoms with Gasteiger partial charge in [-0.2, -0.15) is 0 Å². The van der Waals surface area contributed by atoms with Gasteiger partial charge < -0.3 is 14.6 Å². The third kappa shape index (κ3) is 4.26. The summed E-state index contributed by atoms with van der Waals surface area (Å²) < 4.78 is 18.7. The molecular formula is C19H21FN2O3. The van der Waals surface area contributed by atoms with Gasteiger partial charge in [-0.15, -0.1) is 0 Å². The fraction of sp³-hybridized carbons (Fsp3) is 0.368. The van der Waals surface area contributed by atoms with Crippen LogP contribution in [0.3, 0.4) is 0 Å². The molecular weight excluding hydrogens is 323 g/mol. The van der Waals surface area contributed by atoms with Gasteiger partial charge in [0.05, 0.1) is 12.2 Å². The zero-order chi connectivity index (χ0) is 17.6. The Kier molecular flexibility index (Phi) is 5.48. The smallest absolute Gasteiger partial charge is 0.289 e. The lowest BCUT2D eigenvalue weighted by atomic mass is 9.96. The van der Waals surface area contributed by atoms with Gasteiger partial charge in [-0.3, -0.25) is 9.59 Å². The zero-order valence-electron chi connectivity index (χ0n) is 13.9. The highest BCUT2D eigenvalue weighted by molar-refractivity contribution is 5.92. The largest absolute Gasteiger partial charge is 0.459 e. The molecule has 1 aliphatic heterocycles. The normalized spacial score (nSPS) is 17.3. The van der Waals surface area contributed by atoms with Gasteiger partial charge in [0.25, 0.3) is 5.91 Å². The van der Waals surface area contributed by atoms with Gasteiger partial charge in [0.15, 0.2) is 5.76 Å². The summed E-state index contributed by atoms with van der Waals surface area (Å²) in [5.74, 6) is -0.485. The first-order chi connectivity index (χ1) is 12.1. The molecule has 2 aromatic rings. The number of nitrogens with zero attached hydrogens (tertiary/aromatic N) is 1. The third-order valence-electron chi connectivity index (χ3n) is 4.46. The Bertz CT molecular complexity index is 730. The third-order valence-corrected chi connectivity index (χ3v) is 4.46. The molecule has 6 heteroatoms. The SMILES string of the molecule is O=C(NCCc1ccccc1F)C1CCCN(C(=O)c2ccco2)C1. The highest BCUT2D eigenvalue weighted by Gasteiger charge is 2.29. The summed E-state index contributed by atoms with van der Waals surface area (Å²) in [6, 6.07) is 9.84. The number of piperidine rings is 1. The van der Waals surface area contributed by atoms with Crippen LogP contribution in [0.4, 0.5) is 4.39 Å². The minimum absolute atomic E-state index is 0.0896. The number of amides is 2. The van der Waals surface area contributed by atoms with Gasteiger partial charge in [0, 0.05) is 19.6 Å². The van der Waals surface area contributed by atoms with Crippen LogP contribution in [-0.4, -0.2) is 36.3 Å². The van der Waals surface area contributed by atoms with Crippen LogP contribution in [0.1, 0.15) is 29.0 Å². The second kappa shape index (κ2) is 7.96. The Morgan fingerprint density at radius 1 is 1.24 bits per heavy atom. The van der Waals surface area contributed by atoms with E-state index < -0.39 is 0 Å². The van der Waals surface area contributed by atoms with E-state index in [1.165, 1.54) is 12.3 Å². The lowest BCUT2D eigenvalue weighted by molar-refractivity contribution is -0.126. The van der Waals surface area contributed by atoms with Crippen LogP contribution >= 0.6 is 0 Å². The highest BCUT2D eigenvalue weighted by atomic mass is 19.1. The van der Waals surface area contributed by atoms with E-state index in [4.69, 9.17) is 4.42 Å². The van der Waals surface area contributed by atoms with Gasteiger partial charge in [0.1, 0.15) is 5.82 Å². The molecule has 1 atom stereocenters. The van der Waals surface area contributed by atoms with Crippen LogP contribution in [0.25, 0.3) is 0 Å². The number of carbonyl (C=O) groups is 2. The Labute approximate surface area is 145 Å². The van der Waals surface area contributed by atoms with E-state index in [1.807, 2.05) is 0 Å². The molecule has 3 rings (SSSR count). The van der Waals surface area contributed by atoms with Gasteiger partial charge in [-0.25, -0.2) is 4.39 Å². The van der Waals surface area contributed by atoms with Crippen molar-refractivity contribution in [3.05, 3.63) is 59.8 Å². The van der Waals surface area contributed by atoms with Gasteiger partial charge in [-0.1, -0.05) is 18.2 Å². The average Bonchev–Trinajstić information content (AvgIpc) is 3.17. The van der Waals surface area contributed by atoms with Crippen LogP contribution in [0, 0.1) is 11.7 Å². The fourth-order valence-electron chi connectivity index (χ4n) is 3.10. The second-order valence-corrected chi connectivity index (χ2v) is 6.20. The number of halogens is 1. The Morgan fingerprint density at radius 3 is 2.84 bits per heavy atom. The topological polar surface area (TPSA) is 62.6 Å². The van der Waals surface area contributed by atoms with Crippen molar-refractivity contribution in [3.8, 4) is 0 Å². The van der Waals surface area contributed by atoms with Crippen LogP contribution in [-0.2, 0) is 11.2 Å². The first kappa shape index (κ1) is 17.2. The first-order valence-electron chi connectivity index (χ1n) is 8.49. The molecule has 1 aromatic carbocycles. The lowest BCUT2D eigenvalue weighted by Gasteiger charge is -2.31. The number of nitrogens with one attached hydrogen (secondary N) is 1. The van der Waals surface area contributed by atoms with Gasteiger partial charge in [0.2, 0.25) is 5.91 Å². The van der Waals surface area contributed by atoms with Crippen molar-refractivity contribution >= 4 is 11.8 Å². The van der Waals surface area contributed by atoms with Crippen LogP contribution in [0.15, 0.2) is 47.1 Å². The maximum atomic E-state index is 13.6. The number of hydrogen-bond donors (Lipinski definition) is 1. The molecule has 0 bridgehead atoms. The minimum Gasteiger partial charge on any atom is -0.459 e. The lowest BCUT2D eigenvalue weighted by Crippen LogP contribution is -2.45. The summed E-state index contributed by atoms with van der Waals surface area (Å²) in [6.45, 7) is 1.38. The Balaban J connectivity index is 1.50. The molecule has 0 spiro atoms. The number of likely N-dealkylation sites (tertiary alicyclic amines) is 1.